The Morgan fingerprint density at radius 2 is 2.39 bits per heavy atom. The van der Waals surface area contributed by atoms with Crippen molar-refractivity contribution >= 4 is 11.7 Å². The fourth-order valence-electron chi connectivity index (χ4n) is 1.89. The van der Waals surface area contributed by atoms with Crippen molar-refractivity contribution in [3.63, 3.8) is 0 Å². The summed E-state index contributed by atoms with van der Waals surface area (Å²) in [7, 11) is 3.69. The quantitative estimate of drug-likeness (QED) is 0.726. The topological polar surface area (TPSA) is 76.2 Å². The summed E-state index contributed by atoms with van der Waals surface area (Å²) in [4.78, 5) is 13.5. The fourth-order valence-corrected chi connectivity index (χ4v) is 1.89. The van der Waals surface area contributed by atoms with E-state index in [1.54, 1.807) is 13.1 Å². The van der Waals surface area contributed by atoms with Crippen molar-refractivity contribution in [2.45, 2.75) is 19.9 Å². The summed E-state index contributed by atoms with van der Waals surface area (Å²) in [6, 6.07) is 1.79. The van der Waals surface area contributed by atoms with Gasteiger partial charge in [0.25, 0.3) is 0 Å². The molecule has 1 unspecified atom stereocenters. The average Bonchev–Trinajstić information content (AvgIpc) is 2.73. The van der Waals surface area contributed by atoms with Crippen LogP contribution in [-0.4, -0.2) is 47.8 Å². The summed E-state index contributed by atoms with van der Waals surface area (Å²) in [5.41, 5.74) is 5.54. The molecule has 102 valence electrons. The number of nitrogens with one attached hydrogen (secondary N) is 1. The fraction of sp³-hybridized carbons (Fsp3) is 0.667. The minimum absolute atomic E-state index is 0.0142. The minimum Gasteiger partial charge on any atom is -0.382 e. The van der Waals surface area contributed by atoms with E-state index in [0.717, 1.165) is 26.1 Å². The summed E-state index contributed by atoms with van der Waals surface area (Å²) >= 11 is 0. The summed E-state index contributed by atoms with van der Waals surface area (Å²) < 4.78 is 1.84. The van der Waals surface area contributed by atoms with Gasteiger partial charge in [-0.15, -0.1) is 0 Å². The number of carbonyl (C=O) groups is 1. The Labute approximate surface area is 108 Å². The molecular formula is C12H23N5O. The number of nitrogens with two attached hydrogens (primary N) is 1. The molecule has 3 N–H and O–H groups in total. The van der Waals surface area contributed by atoms with Crippen molar-refractivity contribution in [3.05, 3.63) is 12.3 Å². The number of aromatic nitrogens is 2. The lowest BCUT2D eigenvalue weighted by Crippen LogP contribution is -2.35. The van der Waals surface area contributed by atoms with Gasteiger partial charge in [-0.1, -0.05) is 6.92 Å². The van der Waals surface area contributed by atoms with E-state index >= 15 is 0 Å². The van der Waals surface area contributed by atoms with E-state index in [1.807, 2.05) is 24.9 Å². The molecule has 0 saturated carbocycles. The van der Waals surface area contributed by atoms with Crippen molar-refractivity contribution in [2.75, 3.05) is 32.9 Å². The molecule has 0 aliphatic rings. The van der Waals surface area contributed by atoms with E-state index in [-0.39, 0.29) is 11.8 Å². The molecule has 1 heterocycles. The first-order valence-corrected chi connectivity index (χ1v) is 6.22. The Bertz CT molecular complexity index is 376. The predicted octanol–water partition coefficient (Wildman–Crippen LogP) is 0.169. The van der Waals surface area contributed by atoms with Crippen LogP contribution in [0.4, 0.5) is 5.82 Å². The summed E-state index contributed by atoms with van der Waals surface area (Å²) in [6.45, 7) is 4.47. The number of anilines is 1. The standard InChI is InChI=1S/C12H23N5O/c1-10(12(18)14-2)9-16(3)6-4-7-17-8-5-11(13)15-17/h5,8,10H,4,6-7,9H2,1-3H3,(H2,13,15)(H,14,18). The van der Waals surface area contributed by atoms with Crippen molar-refractivity contribution < 1.29 is 4.79 Å². The highest BCUT2D eigenvalue weighted by atomic mass is 16.1. The van der Waals surface area contributed by atoms with Gasteiger partial charge in [0.2, 0.25) is 5.91 Å². The largest absolute Gasteiger partial charge is 0.382 e. The van der Waals surface area contributed by atoms with Gasteiger partial charge in [-0.25, -0.2) is 0 Å². The number of aryl methyl sites for hydroxylation is 1. The third kappa shape index (κ3) is 4.75. The first-order valence-electron chi connectivity index (χ1n) is 6.22. The zero-order chi connectivity index (χ0) is 13.5. The van der Waals surface area contributed by atoms with Crippen LogP contribution in [0.1, 0.15) is 13.3 Å². The molecule has 0 bridgehead atoms. The van der Waals surface area contributed by atoms with Crippen molar-refractivity contribution in [1.82, 2.24) is 20.0 Å². The maximum atomic E-state index is 11.4. The second-order valence-electron chi connectivity index (χ2n) is 4.63. The van der Waals surface area contributed by atoms with E-state index in [4.69, 9.17) is 5.73 Å². The van der Waals surface area contributed by atoms with Crippen LogP contribution in [0.3, 0.4) is 0 Å². The normalized spacial score (nSPS) is 12.7. The SMILES string of the molecule is CNC(=O)C(C)CN(C)CCCn1ccc(N)n1. The number of hydrogen-bond donors (Lipinski definition) is 2. The van der Waals surface area contributed by atoms with Gasteiger partial charge >= 0.3 is 0 Å². The van der Waals surface area contributed by atoms with Crippen LogP contribution in [0.2, 0.25) is 0 Å². The Balaban J connectivity index is 2.21. The van der Waals surface area contributed by atoms with Crippen LogP contribution in [0.5, 0.6) is 0 Å². The van der Waals surface area contributed by atoms with Crippen LogP contribution in [0.15, 0.2) is 12.3 Å². The highest BCUT2D eigenvalue weighted by Crippen LogP contribution is 2.01. The molecule has 1 rings (SSSR count). The van der Waals surface area contributed by atoms with Gasteiger partial charge in [-0.2, -0.15) is 5.10 Å². The van der Waals surface area contributed by atoms with E-state index in [0.29, 0.717) is 5.82 Å². The van der Waals surface area contributed by atoms with Gasteiger partial charge in [-0.3, -0.25) is 9.48 Å². The second kappa shape index (κ2) is 7.00. The van der Waals surface area contributed by atoms with Crippen LogP contribution in [0, 0.1) is 5.92 Å². The van der Waals surface area contributed by atoms with Crippen molar-refractivity contribution in [1.29, 1.82) is 0 Å². The summed E-state index contributed by atoms with van der Waals surface area (Å²) in [5.74, 6) is 0.652. The monoisotopic (exact) mass is 253 g/mol. The molecule has 0 radical (unpaired) electrons. The van der Waals surface area contributed by atoms with E-state index in [2.05, 4.69) is 15.3 Å². The molecule has 6 heteroatoms. The number of nitrogen functional groups attached to an aromatic ring is 1. The number of rotatable bonds is 7. The van der Waals surface area contributed by atoms with Crippen molar-refractivity contribution in [2.24, 2.45) is 5.92 Å². The molecule has 0 spiro atoms. The lowest BCUT2D eigenvalue weighted by Gasteiger charge is -2.20. The molecule has 0 aliphatic heterocycles. The molecular weight excluding hydrogens is 230 g/mol. The highest BCUT2D eigenvalue weighted by Gasteiger charge is 2.13. The van der Waals surface area contributed by atoms with Gasteiger partial charge in [-0.05, 0) is 26.1 Å². The van der Waals surface area contributed by atoms with Gasteiger partial charge in [0, 0.05) is 32.3 Å². The highest BCUT2D eigenvalue weighted by molar-refractivity contribution is 5.78. The Kier molecular flexibility index (Phi) is 5.64. The Morgan fingerprint density at radius 3 is 2.94 bits per heavy atom. The molecule has 0 aromatic carbocycles. The van der Waals surface area contributed by atoms with E-state index in [1.165, 1.54) is 0 Å². The van der Waals surface area contributed by atoms with E-state index < -0.39 is 0 Å². The molecule has 1 aromatic rings. The van der Waals surface area contributed by atoms with Crippen LogP contribution >= 0.6 is 0 Å². The third-order valence-electron chi connectivity index (χ3n) is 2.87. The molecule has 0 fully saturated rings. The van der Waals surface area contributed by atoms with Gasteiger partial charge in [0.05, 0.1) is 0 Å². The number of hydrogen-bond acceptors (Lipinski definition) is 4. The smallest absolute Gasteiger partial charge is 0.223 e. The maximum Gasteiger partial charge on any atom is 0.223 e. The number of nitrogens with zero attached hydrogens (tertiary/aromatic N) is 3. The minimum atomic E-state index is 0.0142. The molecule has 18 heavy (non-hydrogen) atoms. The van der Waals surface area contributed by atoms with Crippen LogP contribution in [-0.2, 0) is 11.3 Å². The number of amides is 1. The summed E-state index contributed by atoms with van der Waals surface area (Å²) in [5, 5.41) is 6.78. The first kappa shape index (κ1) is 14.5. The summed E-state index contributed by atoms with van der Waals surface area (Å²) in [6.07, 6.45) is 2.86. The maximum absolute atomic E-state index is 11.4. The zero-order valence-electron chi connectivity index (χ0n) is 11.4. The number of carbonyl (C=O) groups excluding carboxylic acids is 1. The average molecular weight is 253 g/mol. The lowest BCUT2D eigenvalue weighted by molar-refractivity contribution is -0.124. The molecule has 1 amide bonds. The van der Waals surface area contributed by atoms with Crippen LogP contribution in [0.25, 0.3) is 0 Å². The third-order valence-corrected chi connectivity index (χ3v) is 2.87. The first-order chi connectivity index (χ1) is 8.52. The Morgan fingerprint density at radius 1 is 1.67 bits per heavy atom. The van der Waals surface area contributed by atoms with Gasteiger partial charge in [0.15, 0.2) is 0 Å². The molecule has 1 atom stereocenters. The van der Waals surface area contributed by atoms with Gasteiger partial charge < -0.3 is 16.0 Å². The molecule has 0 aliphatic carbocycles. The van der Waals surface area contributed by atoms with Gasteiger partial charge in [0.1, 0.15) is 5.82 Å². The Hall–Kier alpha value is -1.56. The van der Waals surface area contributed by atoms with Crippen LogP contribution < -0.4 is 11.1 Å². The lowest BCUT2D eigenvalue weighted by atomic mass is 10.1. The molecule has 1 aromatic heterocycles. The van der Waals surface area contributed by atoms with Crippen molar-refractivity contribution in [3.8, 4) is 0 Å². The zero-order valence-corrected chi connectivity index (χ0v) is 11.4. The van der Waals surface area contributed by atoms with E-state index in [9.17, 15) is 4.79 Å². The predicted molar refractivity (Wildman–Crippen MR) is 72.0 cm³/mol. The molecule has 0 saturated heterocycles. The second-order valence-corrected chi connectivity index (χ2v) is 4.63. The molecule has 6 nitrogen and oxygen atoms in total.